The Kier molecular flexibility index (Phi) is 3.74. The number of benzene rings is 1. The molecule has 0 saturated carbocycles. The van der Waals surface area contributed by atoms with E-state index in [1.54, 1.807) is 4.68 Å². The molecule has 1 aromatic heterocycles. The molecule has 0 saturated heterocycles. The van der Waals surface area contributed by atoms with Crippen molar-refractivity contribution in [2.75, 3.05) is 0 Å². The topological polar surface area (TPSA) is 34.9 Å². The SMILES string of the molecule is CCCc1nn(-c2ccccc2)c(Br)c1C=O. The number of hydrogen-bond donors (Lipinski definition) is 0. The summed E-state index contributed by atoms with van der Waals surface area (Å²) in [7, 11) is 0. The Hall–Kier alpha value is -1.42. The molecule has 0 atom stereocenters. The van der Waals surface area contributed by atoms with Gasteiger partial charge in [0, 0.05) is 0 Å². The van der Waals surface area contributed by atoms with Crippen LogP contribution in [0.15, 0.2) is 34.9 Å². The number of para-hydroxylation sites is 1. The molecule has 0 N–H and O–H groups in total. The highest BCUT2D eigenvalue weighted by molar-refractivity contribution is 9.10. The summed E-state index contributed by atoms with van der Waals surface area (Å²) in [5.41, 5.74) is 2.44. The maximum absolute atomic E-state index is 11.1. The lowest BCUT2D eigenvalue weighted by atomic mass is 10.2. The van der Waals surface area contributed by atoms with Gasteiger partial charge in [-0.3, -0.25) is 4.79 Å². The van der Waals surface area contributed by atoms with E-state index in [1.807, 2.05) is 30.3 Å². The predicted molar refractivity (Wildman–Crippen MR) is 70.6 cm³/mol. The molecule has 0 radical (unpaired) electrons. The number of aldehydes is 1. The highest BCUT2D eigenvalue weighted by atomic mass is 79.9. The molecule has 0 aliphatic rings. The molecule has 2 rings (SSSR count). The summed E-state index contributed by atoms with van der Waals surface area (Å²) in [6.45, 7) is 2.07. The minimum Gasteiger partial charge on any atom is -0.298 e. The molecule has 0 spiro atoms. The smallest absolute Gasteiger partial charge is 0.154 e. The number of aryl methyl sites for hydroxylation is 1. The number of aromatic nitrogens is 2. The van der Waals surface area contributed by atoms with Crippen LogP contribution in [0.2, 0.25) is 0 Å². The van der Waals surface area contributed by atoms with Crippen LogP contribution in [0.5, 0.6) is 0 Å². The summed E-state index contributed by atoms with van der Waals surface area (Å²) in [5.74, 6) is 0. The van der Waals surface area contributed by atoms with Crippen LogP contribution in [-0.4, -0.2) is 16.1 Å². The summed E-state index contributed by atoms with van der Waals surface area (Å²) < 4.78 is 2.48. The van der Waals surface area contributed by atoms with Gasteiger partial charge < -0.3 is 0 Å². The second-order valence-electron chi connectivity index (χ2n) is 3.77. The molecule has 88 valence electrons. The normalized spacial score (nSPS) is 10.5. The standard InChI is InChI=1S/C13H13BrN2O/c1-2-6-12-11(9-17)13(14)16(15-12)10-7-4-3-5-8-10/h3-5,7-9H,2,6H2,1H3. The molecular formula is C13H13BrN2O. The molecule has 2 aromatic rings. The zero-order valence-corrected chi connectivity index (χ0v) is 11.1. The van der Waals surface area contributed by atoms with Crippen molar-refractivity contribution < 1.29 is 4.79 Å². The van der Waals surface area contributed by atoms with Gasteiger partial charge in [-0.05, 0) is 34.5 Å². The van der Waals surface area contributed by atoms with Crippen molar-refractivity contribution in [1.82, 2.24) is 9.78 Å². The van der Waals surface area contributed by atoms with E-state index in [1.165, 1.54) is 0 Å². The highest BCUT2D eigenvalue weighted by Crippen LogP contribution is 2.23. The van der Waals surface area contributed by atoms with E-state index in [4.69, 9.17) is 0 Å². The fourth-order valence-electron chi connectivity index (χ4n) is 1.73. The van der Waals surface area contributed by atoms with E-state index < -0.39 is 0 Å². The fraction of sp³-hybridized carbons (Fsp3) is 0.231. The molecule has 0 aliphatic heterocycles. The maximum atomic E-state index is 11.1. The van der Waals surface area contributed by atoms with Gasteiger partial charge in [0.15, 0.2) is 6.29 Å². The zero-order chi connectivity index (χ0) is 12.3. The average Bonchev–Trinajstić information content (AvgIpc) is 2.67. The van der Waals surface area contributed by atoms with Gasteiger partial charge in [-0.2, -0.15) is 5.10 Å². The second-order valence-corrected chi connectivity index (χ2v) is 4.52. The number of hydrogen-bond acceptors (Lipinski definition) is 2. The van der Waals surface area contributed by atoms with Crippen molar-refractivity contribution >= 4 is 22.2 Å². The van der Waals surface area contributed by atoms with Crippen LogP contribution in [0, 0.1) is 0 Å². The highest BCUT2D eigenvalue weighted by Gasteiger charge is 2.15. The molecule has 1 heterocycles. The van der Waals surface area contributed by atoms with Gasteiger partial charge in [-0.25, -0.2) is 4.68 Å². The van der Waals surface area contributed by atoms with Crippen LogP contribution >= 0.6 is 15.9 Å². The first kappa shape index (κ1) is 12.0. The van der Waals surface area contributed by atoms with Crippen molar-refractivity contribution in [3.8, 4) is 5.69 Å². The molecule has 0 bridgehead atoms. The largest absolute Gasteiger partial charge is 0.298 e. The van der Waals surface area contributed by atoms with Crippen LogP contribution < -0.4 is 0 Å². The predicted octanol–water partition coefficient (Wildman–Crippen LogP) is 3.40. The van der Waals surface area contributed by atoms with E-state index >= 15 is 0 Å². The number of rotatable bonds is 4. The molecule has 0 unspecified atom stereocenters. The Morgan fingerprint density at radius 3 is 2.65 bits per heavy atom. The van der Waals surface area contributed by atoms with Crippen molar-refractivity contribution in [3.05, 3.63) is 46.2 Å². The average molecular weight is 293 g/mol. The minimum atomic E-state index is 0.649. The van der Waals surface area contributed by atoms with Gasteiger partial charge in [0.1, 0.15) is 4.60 Å². The Labute approximate surface area is 109 Å². The second kappa shape index (κ2) is 5.27. The minimum absolute atomic E-state index is 0.649. The van der Waals surface area contributed by atoms with Crippen LogP contribution in [0.3, 0.4) is 0 Å². The number of halogens is 1. The quantitative estimate of drug-likeness (QED) is 0.810. The van der Waals surface area contributed by atoms with Gasteiger partial charge in [-0.1, -0.05) is 31.5 Å². The van der Waals surface area contributed by atoms with Gasteiger partial charge >= 0.3 is 0 Å². The third-order valence-electron chi connectivity index (χ3n) is 2.55. The molecule has 17 heavy (non-hydrogen) atoms. The first-order chi connectivity index (χ1) is 8.27. The third kappa shape index (κ3) is 2.31. The van der Waals surface area contributed by atoms with Gasteiger partial charge in [0.2, 0.25) is 0 Å². The van der Waals surface area contributed by atoms with Gasteiger partial charge in [0.05, 0.1) is 16.9 Å². The zero-order valence-electron chi connectivity index (χ0n) is 9.56. The molecule has 0 aliphatic carbocycles. The molecule has 4 heteroatoms. The monoisotopic (exact) mass is 292 g/mol. The number of carbonyl (C=O) groups is 1. The van der Waals surface area contributed by atoms with Crippen molar-refractivity contribution in [3.63, 3.8) is 0 Å². The molecule has 3 nitrogen and oxygen atoms in total. The van der Waals surface area contributed by atoms with E-state index in [0.29, 0.717) is 5.56 Å². The van der Waals surface area contributed by atoms with E-state index in [-0.39, 0.29) is 0 Å². The van der Waals surface area contributed by atoms with E-state index in [2.05, 4.69) is 28.0 Å². The number of nitrogens with zero attached hydrogens (tertiary/aromatic N) is 2. The van der Waals surface area contributed by atoms with Crippen molar-refractivity contribution in [1.29, 1.82) is 0 Å². The van der Waals surface area contributed by atoms with E-state index in [9.17, 15) is 4.79 Å². The van der Waals surface area contributed by atoms with E-state index in [0.717, 1.165) is 35.1 Å². The van der Waals surface area contributed by atoms with Crippen LogP contribution in [0.1, 0.15) is 29.4 Å². The lowest BCUT2D eigenvalue weighted by molar-refractivity contribution is 0.112. The van der Waals surface area contributed by atoms with Gasteiger partial charge in [-0.15, -0.1) is 0 Å². The first-order valence-corrected chi connectivity index (χ1v) is 6.35. The van der Waals surface area contributed by atoms with Crippen LogP contribution in [0.4, 0.5) is 0 Å². The Bertz CT molecular complexity index is 520. The lowest BCUT2D eigenvalue weighted by Gasteiger charge is -2.01. The first-order valence-electron chi connectivity index (χ1n) is 5.56. The van der Waals surface area contributed by atoms with Crippen molar-refractivity contribution in [2.45, 2.75) is 19.8 Å². The summed E-state index contributed by atoms with van der Waals surface area (Å²) in [6.07, 6.45) is 2.65. The Morgan fingerprint density at radius 2 is 2.06 bits per heavy atom. The van der Waals surface area contributed by atoms with Crippen LogP contribution in [0.25, 0.3) is 5.69 Å². The van der Waals surface area contributed by atoms with Gasteiger partial charge in [0.25, 0.3) is 0 Å². The summed E-state index contributed by atoms with van der Waals surface area (Å²) in [6, 6.07) is 9.77. The van der Waals surface area contributed by atoms with Crippen molar-refractivity contribution in [2.24, 2.45) is 0 Å². The maximum Gasteiger partial charge on any atom is 0.154 e. The lowest BCUT2D eigenvalue weighted by Crippen LogP contribution is -1.97. The molecule has 1 aromatic carbocycles. The fourth-order valence-corrected chi connectivity index (χ4v) is 2.34. The third-order valence-corrected chi connectivity index (χ3v) is 3.31. The molecule has 0 fully saturated rings. The summed E-state index contributed by atoms with van der Waals surface area (Å²) >= 11 is 3.44. The summed E-state index contributed by atoms with van der Waals surface area (Å²) in [4.78, 5) is 11.1. The summed E-state index contributed by atoms with van der Waals surface area (Å²) in [5, 5.41) is 4.48. The molecular weight excluding hydrogens is 280 g/mol. The molecule has 0 amide bonds. The number of carbonyl (C=O) groups excluding carboxylic acids is 1. The Balaban J connectivity index is 2.52. The van der Waals surface area contributed by atoms with Crippen LogP contribution in [-0.2, 0) is 6.42 Å². The Morgan fingerprint density at radius 1 is 1.35 bits per heavy atom.